The van der Waals surface area contributed by atoms with Crippen LogP contribution >= 0.6 is 0 Å². The molecule has 0 spiro atoms. The van der Waals surface area contributed by atoms with Gasteiger partial charge in [0.05, 0.1) is 0 Å². The van der Waals surface area contributed by atoms with Crippen LogP contribution in [0.2, 0.25) is 0 Å². The van der Waals surface area contributed by atoms with Crippen molar-refractivity contribution in [1.82, 2.24) is 10.6 Å². The lowest BCUT2D eigenvalue weighted by Crippen LogP contribution is -2.35. The molecule has 1 saturated carbocycles. The Morgan fingerprint density at radius 2 is 2.12 bits per heavy atom. The number of rotatable bonds is 5. The van der Waals surface area contributed by atoms with E-state index in [4.69, 9.17) is 0 Å². The second-order valence-corrected chi connectivity index (χ2v) is 6.03. The maximum absolute atomic E-state index is 11.4. The van der Waals surface area contributed by atoms with Gasteiger partial charge in [-0.2, -0.15) is 0 Å². The first kappa shape index (κ1) is 13.5. The Hall–Kier alpha value is -0.570. The van der Waals surface area contributed by atoms with E-state index >= 15 is 0 Å². The van der Waals surface area contributed by atoms with Crippen molar-refractivity contribution in [2.45, 2.75) is 65.5 Å². The maximum Gasteiger partial charge on any atom is 0.221 e. The zero-order valence-corrected chi connectivity index (χ0v) is 11.1. The molecule has 0 bridgehead atoms. The van der Waals surface area contributed by atoms with Gasteiger partial charge in [-0.1, -0.05) is 13.8 Å². The average molecular weight is 226 g/mol. The molecule has 0 aromatic carbocycles. The van der Waals surface area contributed by atoms with E-state index < -0.39 is 0 Å². The molecule has 0 heterocycles. The molecule has 0 radical (unpaired) electrons. The number of amides is 1. The predicted octanol–water partition coefficient (Wildman–Crippen LogP) is 2.07. The molecule has 16 heavy (non-hydrogen) atoms. The van der Waals surface area contributed by atoms with Crippen molar-refractivity contribution in [1.29, 1.82) is 0 Å². The van der Waals surface area contributed by atoms with Crippen LogP contribution in [0, 0.1) is 5.41 Å². The molecule has 1 aliphatic rings. The van der Waals surface area contributed by atoms with Gasteiger partial charge >= 0.3 is 0 Å². The van der Waals surface area contributed by atoms with E-state index in [1.807, 2.05) is 13.8 Å². The van der Waals surface area contributed by atoms with Crippen LogP contribution in [0.3, 0.4) is 0 Å². The first-order valence-corrected chi connectivity index (χ1v) is 6.42. The first-order chi connectivity index (χ1) is 7.39. The minimum absolute atomic E-state index is 0.153. The van der Waals surface area contributed by atoms with Gasteiger partial charge in [-0.25, -0.2) is 0 Å². The zero-order valence-electron chi connectivity index (χ0n) is 11.1. The Bertz CT molecular complexity index is 236. The predicted molar refractivity (Wildman–Crippen MR) is 67.3 cm³/mol. The van der Waals surface area contributed by atoms with Gasteiger partial charge in [0.25, 0.3) is 0 Å². The Labute approximate surface area is 99.4 Å². The summed E-state index contributed by atoms with van der Waals surface area (Å²) in [4.78, 5) is 11.4. The lowest BCUT2D eigenvalue weighted by atomic mass is 9.92. The maximum atomic E-state index is 11.4. The van der Waals surface area contributed by atoms with Gasteiger partial charge in [0.1, 0.15) is 0 Å². The lowest BCUT2D eigenvalue weighted by Gasteiger charge is -2.18. The highest BCUT2D eigenvalue weighted by atomic mass is 16.1. The van der Waals surface area contributed by atoms with Gasteiger partial charge in [-0.15, -0.1) is 0 Å². The van der Waals surface area contributed by atoms with E-state index in [9.17, 15) is 4.79 Å². The van der Waals surface area contributed by atoms with Crippen LogP contribution in [0.5, 0.6) is 0 Å². The molecular weight excluding hydrogens is 200 g/mol. The van der Waals surface area contributed by atoms with Gasteiger partial charge in [0.2, 0.25) is 5.91 Å². The van der Waals surface area contributed by atoms with Gasteiger partial charge in [0, 0.05) is 25.0 Å². The molecule has 1 rings (SSSR count). The second kappa shape index (κ2) is 5.67. The number of hydrogen-bond donors (Lipinski definition) is 2. The van der Waals surface area contributed by atoms with Crippen LogP contribution in [0.25, 0.3) is 0 Å². The zero-order chi connectivity index (χ0) is 12.2. The van der Waals surface area contributed by atoms with Crippen molar-refractivity contribution >= 4 is 5.91 Å². The van der Waals surface area contributed by atoms with Crippen molar-refractivity contribution in [3.63, 3.8) is 0 Å². The highest BCUT2D eigenvalue weighted by Gasteiger charge is 2.30. The summed E-state index contributed by atoms with van der Waals surface area (Å²) in [6.07, 6.45) is 4.37. The standard InChI is InChI=1S/C13H26N2O/c1-10(2)15-12(16)6-8-14-11-5-7-13(3,4)9-11/h10-11,14H,5-9H2,1-4H3,(H,15,16). The molecule has 1 aliphatic carbocycles. The summed E-state index contributed by atoms with van der Waals surface area (Å²) in [5.41, 5.74) is 0.484. The van der Waals surface area contributed by atoms with Gasteiger partial charge < -0.3 is 10.6 Å². The molecular formula is C13H26N2O. The molecule has 1 fully saturated rings. The van der Waals surface area contributed by atoms with Crippen molar-refractivity contribution in [3.05, 3.63) is 0 Å². The van der Waals surface area contributed by atoms with Crippen LogP contribution in [-0.4, -0.2) is 24.5 Å². The van der Waals surface area contributed by atoms with Crippen molar-refractivity contribution < 1.29 is 4.79 Å². The molecule has 3 nitrogen and oxygen atoms in total. The molecule has 94 valence electrons. The summed E-state index contributed by atoms with van der Waals surface area (Å²) >= 11 is 0. The molecule has 1 amide bonds. The van der Waals surface area contributed by atoms with Crippen molar-refractivity contribution in [2.75, 3.05) is 6.54 Å². The van der Waals surface area contributed by atoms with Crippen molar-refractivity contribution in [2.24, 2.45) is 5.41 Å². The minimum Gasteiger partial charge on any atom is -0.354 e. The fourth-order valence-electron chi connectivity index (χ4n) is 2.39. The largest absolute Gasteiger partial charge is 0.354 e. The fourth-order valence-corrected chi connectivity index (χ4v) is 2.39. The number of carbonyl (C=O) groups is 1. The smallest absolute Gasteiger partial charge is 0.221 e. The van der Waals surface area contributed by atoms with E-state index in [0.29, 0.717) is 17.9 Å². The normalized spacial score (nSPS) is 23.7. The van der Waals surface area contributed by atoms with Crippen LogP contribution in [-0.2, 0) is 4.79 Å². The summed E-state index contributed by atoms with van der Waals surface area (Å²) < 4.78 is 0. The third kappa shape index (κ3) is 4.97. The summed E-state index contributed by atoms with van der Waals surface area (Å²) in [5.74, 6) is 0.153. The van der Waals surface area contributed by atoms with E-state index in [0.717, 1.165) is 6.54 Å². The van der Waals surface area contributed by atoms with E-state index in [1.165, 1.54) is 19.3 Å². The van der Waals surface area contributed by atoms with Gasteiger partial charge in [-0.05, 0) is 38.5 Å². The number of hydrogen-bond acceptors (Lipinski definition) is 2. The molecule has 0 saturated heterocycles. The second-order valence-electron chi connectivity index (χ2n) is 6.03. The topological polar surface area (TPSA) is 41.1 Å². The van der Waals surface area contributed by atoms with Crippen LogP contribution in [0.1, 0.15) is 53.4 Å². The van der Waals surface area contributed by atoms with Crippen LogP contribution < -0.4 is 10.6 Å². The summed E-state index contributed by atoms with van der Waals surface area (Å²) in [6, 6.07) is 0.861. The molecule has 0 aromatic heterocycles. The lowest BCUT2D eigenvalue weighted by molar-refractivity contribution is -0.121. The molecule has 1 unspecified atom stereocenters. The molecule has 3 heteroatoms. The monoisotopic (exact) mass is 226 g/mol. The Morgan fingerprint density at radius 1 is 1.44 bits per heavy atom. The average Bonchev–Trinajstić information content (AvgIpc) is 2.44. The summed E-state index contributed by atoms with van der Waals surface area (Å²) in [6.45, 7) is 9.43. The Balaban J connectivity index is 2.10. The highest BCUT2D eigenvalue weighted by molar-refractivity contribution is 5.76. The van der Waals surface area contributed by atoms with E-state index in [-0.39, 0.29) is 11.9 Å². The first-order valence-electron chi connectivity index (χ1n) is 6.42. The van der Waals surface area contributed by atoms with Crippen molar-refractivity contribution in [3.8, 4) is 0 Å². The van der Waals surface area contributed by atoms with Crippen LogP contribution in [0.4, 0.5) is 0 Å². The Kier molecular flexibility index (Phi) is 4.78. The third-order valence-corrected chi connectivity index (χ3v) is 3.20. The molecule has 0 aromatic rings. The highest BCUT2D eigenvalue weighted by Crippen LogP contribution is 2.36. The SMILES string of the molecule is CC(C)NC(=O)CCNC1CCC(C)(C)C1. The summed E-state index contributed by atoms with van der Waals surface area (Å²) in [7, 11) is 0. The number of carbonyl (C=O) groups excluding carboxylic acids is 1. The fraction of sp³-hybridized carbons (Fsp3) is 0.923. The quantitative estimate of drug-likeness (QED) is 0.753. The molecule has 0 aliphatic heterocycles. The molecule has 2 N–H and O–H groups in total. The minimum atomic E-state index is 0.153. The summed E-state index contributed by atoms with van der Waals surface area (Å²) in [5, 5.41) is 6.39. The van der Waals surface area contributed by atoms with Gasteiger partial charge in [-0.3, -0.25) is 4.79 Å². The number of nitrogens with one attached hydrogen (secondary N) is 2. The van der Waals surface area contributed by atoms with Crippen LogP contribution in [0.15, 0.2) is 0 Å². The van der Waals surface area contributed by atoms with E-state index in [2.05, 4.69) is 24.5 Å². The van der Waals surface area contributed by atoms with Gasteiger partial charge in [0.15, 0.2) is 0 Å². The Morgan fingerprint density at radius 3 is 2.62 bits per heavy atom. The third-order valence-electron chi connectivity index (χ3n) is 3.20. The molecule has 1 atom stereocenters. The van der Waals surface area contributed by atoms with E-state index in [1.54, 1.807) is 0 Å².